The van der Waals surface area contributed by atoms with E-state index in [1.54, 1.807) is 0 Å². The van der Waals surface area contributed by atoms with Gasteiger partial charge in [0.2, 0.25) is 17.7 Å². The Morgan fingerprint density at radius 1 is 0.547 bits per heavy atom. The molecule has 18 heteroatoms. The van der Waals surface area contributed by atoms with Gasteiger partial charge in [-0.2, -0.15) is 8.42 Å². The standard InChI is InChI=1S/C35H60BrN3O13S/c36-24-32(43)37-22-16-15-17-27(35(48)49)38-31(42)21-20-26(34(46)47)23-29(40)28(25-53(50,51)52)39-30(41)18-13-11-9-7-5-3-1-2-4-6-8-10-12-14-19-33(44)45/h26-28H,1-25H2,(H,37,43)(H,38,42)(H,39,41)(H,44,45)(H,46,47)(H,48,49)(H,50,51,52). The number of hydrogen-bond donors (Lipinski definition) is 7. The molecule has 16 nitrogen and oxygen atoms in total. The van der Waals surface area contributed by atoms with Crippen molar-refractivity contribution in [1.82, 2.24) is 16.0 Å². The lowest BCUT2D eigenvalue weighted by Crippen LogP contribution is -2.46. The van der Waals surface area contributed by atoms with Crippen LogP contribution < -0.4 is 16.0 Å². The number of Topliss-reactive ketones (excluding diaryl/α,β-unsaturated/α-hetero) is 1. The molecular weight excluding hydrogens is 782 g/mol. The highest BCUT2D eigenvalue weighted by molar-refractivity contribution is 9.09. The average Bonchev–Trinajstić information content (AvgIpc) is 3.07. The van der Waals surface area contributed by atoms with Gasteiger partial charge in [-0.3, -0.25) is 33.3 Å². The van der Waals surface area contributed by atoms with Crippen LogP contribution in [-0.4, -0.2) is 99.4 Å². The summed E-state index contributed by atoms with van der Waals surface area (Å²) < 4.78 is 32.6. The van der Waals surface area contributed by atoms with E-state index in [1.165, 1.54) is 6.42 Å². The molecule has 0 aromatic heterocycles. The van der Waals surface area contributed by atoms with E-state index in [-0.39, 0.29) is 36.9 Å². The number of nitrogens with one attached hydrogen (secondary N) is 3. The maximum atomic E-state index is 13.0. The van der Waals surface area contributed by atoms with Crippen LogP contribution in [0.5, 0.6) is 0 Å². The number of ketones is 1. The van der Waals surface area contributed by atoms with Crippen molar-refractivity contribution in [3.63, 3.8) is 0 Å². The molecule has 0 saturated heterocycles. The minimum absolute atomic E-state index is 0.00429. The Balaban J connectivity index is 4.58. The van der Waals surface area contributed by atoms with Gasteiger partial charge in [0.25, 0.3) is 10.1 Å². The number of carbonyl (C=O) groups is 7. The third-order valence-electron chi connectivity index (χ3n) is 8.66. The number of unbranched alkanes of at least 4 members (excludes halogenated alkanes) is 14. The molecular formula is C35H60BrN3O13S. The van der Waals surface area contributed by atoms with E-state index >= 15 is 0 Å². The third kappa shape index (κ3) is 30.0. The van der Waals surface area contributed by atoms with E-state index in [2.05, 4.69) is 31.9 Å². The smallest absolute Gasteiger partial charge is 0.326 e. The number of carboxylic acids is 3. The Labute approximate surface area is 321 Å². The fourth-order valence-corrected chi connectivity index (χ4v) is 6.54. The number of carbonyl (C=O) groups excluding carboxylic acids is 4. The molecule has 0 aromatic rings. The molecule has 0 radical (unpaired) electrons. The zero-order chi connectivity index (χ0) is 40.1. The van der Waals surface area contributed by atoms with E-state index in [4.69, 9.17) is 5.11 Å². The van der Waals surface area contributed by atoms with Crippen LogP contribution in [0.4, 0.5) is 0 Å². The quantitative estimate of drug-likeness (QED) is 0.0266. The largest absolute Gasteiger partial charge is 0.481 e. The second-order valence-electron chi connectivity index (χ2n) is 13.4. The Morgan fingerprint density at radius 2 is 1.02 bits per heavy atom. The van der Waals surface area contributed by atoms with Gasteiger partial charge in [0.05, 0.1) is 11.2 Å². The summed E-state index contributed by atoms with van der Waals surface area (Å²) in [7, 11) is -4.73. The van der Waals surface area contributed by atoms with Crippen molar-refractivity contribution in [1.29, 1.82) is 0 Å². The van der Waals surface area contributed by atoms with Gasteiger partial charge < -0.3 is 31.3 Å². The Hall–Kier alpha value is -3.12. The van der Waals surface area contributed by atoms with Crippen molar-refractivity contribution in [2.75, 3.05) is 17.6 Å². The van der Waals surface area contributed by atoms with Gasteiger partial charge >= 0.3 is 17.9 Å². The maximum absolute atomic E-state index is 13.0. The van der Waals surface area contributed by atoms with Crippen LogP contribution in [0.25, 0.3) is 0 Å². The Morgan fingerprint density at radius 3 is 1.47 bits per heavy atom. The second kappa shape index (κ2) is 30.2. The van der Waals surface area contributed by atoms with E-state index in [0.29, 0.717) is 25.8 Å². The molecule has 0 spiro atoms. The first kappa shape index (κ1) is 49.9. The van der Waals surface area contributed by atoms with Crippen LogP contribution in [0.2, 0.25) is 0 Å². The number of amides is 3. The molecule has 7 N–H and O–H groups in total. The van der Waals surface area contributed by atoms with Gasteiger partial charge in [0, 0.05) is 32.2 Å². The lowest BCUT2D eigenvalue weighted by atomic mass is 9.94. The van der Waals surface area contributed by atoms with Gasteiger partial charge in [-0.1, -0.05) is 93.0 Å². The lowest BCUT2D eigenvalue weighted by molar-refractivity contribution is -0.145. The van der Waals surface area contributed by atoms with Crippen molar-refractivity contribution < 1.29 is 61.9 Å². The van der Waals surface area contributed by atoms with Gasteiger partial charge in [0.1, 0.15) is 17.8 Å². The van der Waals surface area contributed by atoms with Gasteiger partial charge in [-0.15, -0.1) is 0 Å². The molecule has 0 aromatic carbocycles. The number of halogens is 1. The molecule has 3 unspecified atom stereocenters. The predicted molar refractivity (Wildman–Crippen MR) is 200 cm³/mol. The van der Waals surface area contributed by atoms with Crippen molar-refractivity contribution in [3.8, 4) is 0 Å². The highest BCUT2D eigenvalue weighted by Gasteiger charge is 2.31. The SMILES string of the molecule is O=C(O)CCCCCCCCCCCCCCCCC(=O)NC(CS(=O)(=O)O)C(=O)CC(CCC(=O)NC(CCCCNC(=O)CBr)C(=O)O)C(=O)O. The third-order valence-corrected chi connectivity index (χ3v) is 9.92. The molecule has 53 heavy (non-hydrogen) atoms. The first-order chi connectivity index (χ1) is 25.0. The predicted octanol–water partition coefficient (Wildman–Crippen LogP) is 4.38. The number of alkyl halides is 1. The first-order valence-corrected chi connectivity index (χ1v) is 21.3. The van der Waals surface area contributed by atoms with Crippen LogP contribution in [0, 0.1) is 5.92 Å². The van der Waals surface area contributed by atoms with Crippen LogP contribution in [0.15, 0.2) is 0 Å². The highest BCUT2D eigenvalue weighted by atomic mass is 79.9. The molecule has 0 bridgehead atoms. The molecule has 0 rings (SSSR count). The zero-order valence-electron chi connectivity index (χ0n) is 30.7. The summed E-state index contributed by atoms with van der Waals surface area (Å²) in [5, 5.41) is 35.1. The Bertz CT molecular complexity index is 1250. The number of hydrogen-bond acceptors (Lipinski definition) is 9. The normalized spacial score (nSPS) is 13.0. The molecule has 3 atom stereocenters. The van der Waals surface area contributed by atoms with Crippen LogP contribution in [-0.2, 0) is 43.7 Å². The number of carboxylic acid groups (broad SMARTS) is 3. The van der Waals surface area contributed by atoms with Crippen molar-refractivity contribution in [3.05, 3.63) is 0 Å². The van der Waals surface area contributed by atoms with Crippen molar-refractivity contribution >= 4 is 67.5 Å². The van der Waals surface area contributed by atoms with E-state index < -0.39 is 82.2 Å². The average molecular weight is 843 g/mol. The monoisotopic (exact) mass is 841 g/mol. The van der Waals surface area contributed by atoms with Crippen LogP contribution >= 0.6 is 15.9 Å². The summed E-state index contributed by atoms with van der Waals surface area (Å²) in [6.07, 6.45) is 13.4. The fraction of sp³-hybridized carbons (Fsp3) is 0.800. The van der Waals surface area contributed by atoms with E-state index in [1.807, 2.05) is 0 Å². The molecule has 0 fully saturated rings. The number of rotatable bonds is 35. The fourth-order valence-electron chi connectivity index (χ4n) is 5.65. The molecule has 0 aliphatic carbocycles. The van der Waals surface area contributed by atoms with Gasteiger partial charge in [-0.25, -0.2) is 4.79 Å². The summed E-state index contributed by atoms with van der Waals surface area (Å²) in [5.74, 6) is -8.64. The first-order valence-electron chi connectivity index (χ1n) is 18.6. The van der Waals surface area contributed by atoms with Gasteiger partial charge in [0.15, 0.2) is 5.78 Å². The summed E-state index contributed by atoms with van der Waals surface area (Å²) in [6, 6.07) is -2.95. The van der Waals surface area contributed by atoms with Crippen molar-refractivity contribution in [2.24, 2.45) is 5.92 Å². The molecule has 3 amide bonds. The van der Waals surface area contributed by atoms with Crippen LogP contribution in [0.3, 0.4) is 0 Å². The van der Waals surface area contributed by atoms with Crippen LogP contribution in [0.1, 0.15) is 141 Å². The minimum Gasteiger partial charge on any atom is -0.481 e. The summed E-state index contributed by atoms with van der Waals surface area (Å²) in [6.45, 7) is 0.322. The minimum atomic E-state index is -4.73. The topological polar surface area (TPSA) is 271 Å². The molecule has 0 aliphatic rings. The molecule has 0 heterocycles. The molecule has 0 saturated carbocycles. The summed E-state index contributed by atoms with van der Waals surface area (Å²) in [5.41, 5.74) is 0. The molecule has 0 aliphatic heterocycles. The number of aliphatic carboxylic acids is 3. The summed E-state index contributed by atoms with van der Waals surface area (Å²) >= 11 is 3.01. The van der Waals surface area contributed by atoms with E-state index in [0.717, 1.165) is 77.0 Å². The lowest BCUT2D eigenvalue weighted by Gasteiger charge is -2.19. The Kier molecular flexibility index (Phi) is 28.5. The van der Waals surface area contributed by atoms with Crippen molar-refractivity contribution in [2.45, 2.75) is 153 Å². The maximum Gasteiger partial charge on any atom is 0.326 e. The second-order valence-corrected chi connectivity index (χ2v) is 15.5. The highest BCUT2D eigenvalue weighted by Crippen LogP contribution is 2.16. The van der Waals surface area contributed by atoms with Gasteiger partial charge in [-0.05, 0) is 38.5 Å². The zero-order valence-corrected chi connectivity index (χ0v) is 33.1. The molecule has 306 valence electrons. The summed E-state index contributed by atoms with van der Waals surface area (Å²) in [4.78, 5) is 83.2. The van der Waals surface area contributed by atoms with E-state index in [9.17, 15) is 56.7 Å².